The van der Waals surface area contributed by atoms with E-state index in [0.717, 1.165) is 12.1 Å². The van der Waals surface area contributed by atoms with Gasteiger partial charge < -0.3 is 14.4 Å². The molecule has 2 aliphatic heterocycles. The Morgan fingerprint density at radius 2 is 1.74 bits per heavy atom. The molecule has 1 spiro atoms. The van der Waals surface area contributed by atoms with Gasteiger partial charge in [0.05, 0.1) is 23.5 Å². The minimum Gasteiger partial charge on any atom is -0.341 e. The third kappa shape index (κ3) is 3.22. The number of piperidine rings is 1. The Kier molecular flexibility index (Phi) is 4.47. The number of amides is 2. The van der Waals surface area contributed by atoms with Crippen LogP contribution in [0.4, 0.5) is 5.69 Å². The zero-order valence-corrected chi connectivity index (χ0v) is 15.0. The Balaban J connectivity index is 1.40. The Morgan fingerprint density at radius 1 is 1.04 bits per heavy atom. The quantitative estimate of drug-likeness (QED) is 0.796. The highest BCUT2D eigenvalue weighted by atomic mass is 16.2. The largest absolute Gasteiger partial charge is 0.341 e. The maximum atomic E-state index is 13.0. The van der Waals surface area contributed by atoms with E-state index in [2.05, 4.69) is 9.97 Å². The summed E-state index contributed by atoms with van der Waals surface area (Å²) in [6.07, 6.45) is 8.44. The SMILES string of the molecule is O=C(Cn1ccccc1=O)N1CCC2(CC1)CCN(c1cncnc1)C2=O. The lowest BCUT2D eigenvalue weighted by atomic mass is 9.77. The number of anilines is 1. The number of hydrogen-bond acceptors (Lipinski definition) is 5. The van der Waals surface area contributed by atoms with Crippen LogP contribution in [0.2, 0.25) is 0 Å². The molecule has 0 radical (unpaired) electrons. The predicted molar refractivity (Wildman–Crippen MR) is 98.0 cm³/mol. The van der Waals surface area contributed by atoms with Gasteiger partial charge in [0.15, 0.2) is 0 Å². The Bertz CT molecular complexity index is 903. The number of nitrogens with zero attached hydrogens (tertiary/aromatic N) is 5. The van der Waals surface area contributed by atoms with E-state index in [1.165, 1.54) is 17.0 Å². The molecule has 2 aromatic rings. The van der Waals surface area contributed by atoms with Gasteiger partial charge in [-0.1, -0.05) is 6.07 Å². The summed E-state index contributed by atoms with van der Waals surface area (Å²) in [7, 11) is 0. The maximum absolute atomic E-state index is 13.0. The molecule has 0 unspecified atom stereocenters. The number of aromatic nitrogens is 3. The molecule has 0 atom stereocenters. The normalized spacial score (nSPS) is 18.9. The lowest BCUT2D eigenvalue weighted by Gasteiger charge is -2.38. The van der Waals surface area contributed by atoms with E-state index in [1.54, 1.807) is 40.5 Å². The van der Waals surface area contributed by atoms with Crippen molar-refractivity contribution in [1.82, 2.24) is 19.4 Å². The molecule has 4 rings (SSSR count). The number of carbonyl (C=O) groups is 2. The van der Waals surface area contributed by atoms with Crippen LogP contribution in [0.15, 0.2) is 47.9 Å². The van der Waals surface area contributed by atoms with Crippen LogP contribution in [0, 0.1) is 5.41 Å². The molecule has 2 saturated heterocycles. The zero-order chi connectivity index (χ0) is 18.9. The fourth-order valence-corrected chi connectivity index (χ4v) is 3.98. The first-order valence-electron chi connectivity index (χ1n) is 9.09. The molecule has 0 saturated carbocycles. The van der Waals surface area contributed by atoms with Gasteiger partial charge >= 0.3 is 0 Å². The average Bonchev–Trinajstić information content (AvgIpc) is 3.01. The zero-order valence-electron chi connectivity index (χ0n) is 15.0. The summed E-state index contributed by atoms with van der Waals surface area (Å²) < 4.78 is 1.41. The molecule has 0 N–H and O–H groups in total. The number of hydrogen-bond donors (Lipinski definition) is 0. The fourth-order valence-electron chi connectivity index (χ4n) is 3.98. The molecule has 2 amide bonds. The van der Waals surface area contributed by atoms with Gasteiger partial charge in [-0.2, -0.15) is 0 Å². The van der Waals surface area contributed by atoms with E-state index in [1.807, 2.05) is 0 Å². The highest BCUT2D eigenvalue weighted by molar-refractivity contribution is 5.99. The van der Waals surface area contributed by atoms with Crippen molar-refractivity contribution < 1.29 is 9.59 Å². The van der Waals surface area contributed by atoms with Crippen LogP contribution in [-0.2, 0) is 16.1 Å². The Morgan fingerprint density at radius 3 is 2.44 bits per heavy atom. The fraction of sp³-hybridized carbons (Fsp3) is 0.421. The van der Waals surface area contributed by atoms with E-state index < -0.39 is 5.41 Å². The van der Waals surface area contributed by atoms with Crippen LogP contribution in [0.1, 0.15) is 19.3 Å². The number of carbonyl (C=O) groups excluding carboxylic acids is 2. The maximum Gasteiger partial charge on any atom is 0.250 e. The molecule has 27 heavy (non-hydrogen) atoms. The molecule has 4 heterocycles. The highest BCUT2D eigenvalue weighted by Crippen LogP contribution is 2.42. The summed E-state index contributed by atoms with van der Waals surface area (Å²) in [6, 6.07) is 4.83. The van der Waals surface area contributed by atoms with Gasteiger partial charge in [-0.05, 0) is 25.3 Å². The van der Waals surface area contributed by atoms with Gasteiger partial charge in [0.2, 0.25) is 11.8 Å². The molecule has 8 heteroatoms. The van der Waals surface area contributed by atoms with Gasteiger partial charge in [-0.25, -0.2) is 9.97 Å². The standard InChI is InChI=1S/C19H21N5O3/c25-16-3-1-2-7-23(16)13-17(26)22-8-4-19(5-9-22)6-10-24(18(19)27)15-11-20-14-21-12-15/h1-3,7,11-12,14H,4-6,8-10,13H2. The second kappa shape index (κ2) is 6.94. The number of rotatable bonds is 3. The summed E-state index contributed by atoms with van der Waals surface area (Å²) >= 11 is 0. The lowest BCUT2D eigenvalue weighted by Crippen LogP contribution is -2.47. The van der Waals surface area contributed by atoms with E-state index >= 15 is 0 Å². The summed E-state index contributed by atoms with van der Waals surface area (Å²) in [4.78, 5) is 48.8. The molecule has 2 aromatic heterocycles. The molecule has 0 aromatic carbocycles. The van der Waals surface area contributed by atoms with Crippen LogP contribution >= 0.6 is 0 Å². The summed E-state index contributed by atoms with van der Waals surface area (Å²) in [5.41, 5.74) is 0.128. The summed E-state index contributed by atoms with van der Waals surface area (Å²) in [6.45, 7) is 1.75. The predicted octanol–water partition coefficient (Wildman–Crippen LogP) is 0.684. The van der Waals surface area contributed by atoms with Crippen molar-refractivity contribution in [3.8, 4) is 0 Å². The smallest absolute Gasteiger partial charge is 0.250 e. The van der Waals surface area contributed by atoms with Crippen LogP contribution in [-0.4, -0.2) is 50.9 Å². The monoisotopic (exact) mass is 367 g/mol. The number of pyridine rings is 1. The van der Waals surface area contributed by atoms with Gasteiger partial charge in [0, 0.05) is 31.9 Å². The van der Waals surface area contributed by atoms with E-state index in [-0.39, 0.29) is 23.9 Å². The molecule has 8 nitrogen and oxygen atoms in total. The molecule has 2 aliphatic rings. The second-order valence-electron chi connectivity index (χ2n) is 7.13. The summed E-state index contributed by atoms with van der Waals surface area (Å²) in [5.74, 6) is 0.0144. The minimum atomic E-state index is -0.407. The van der Waals surface area contributed by atoms with Crippen LogP contribution in [0.25, 0.3) is 0 Å². The van der Waals surface area contributed by atoms with E-state index in [4.69, 9.17) is 0 Å². The second-order valence-corrected chi connectivity index (χ2v) is 7.13. The molecular formula is C19H21N5O3. The Hall–Kier alpha value is -3.03. The topological polar surface area (TPSA) is 88.4 Å². The third-order valence-corrected chi connectivity index (χ3v) is 5.65. The van der Waals surface area contributed by atoms with Crippen molar-refractivity contribution in [3.05, 3.63) is 53.5 Å². The van der Waals surface area contributed by atoms with Crippen LogP contribution in [0.3, 0.4) is 0 Å². The van der Waals surface area contributed by atoms with Crippen molar-refractivity contribution in [3.63, 3.8) is 0 Å². The van der Waals surface area contributed by atoms with Crippen molar-refractivity contribution in [2.45, 2.75) is 25.8 Å². The van der Waals surface area contributed by atoms with E-state index in [0.29, 0.717) is 32.5 Å². The molecule has 2 fully saturated rings. The van der Waals surface area contributed by atoms with Gasteiger partial charge in [-0.15, -0.1) is 0 Å². The van der Waals surface area contributed by atoms with Crippen LogP contribution < -0.4 is 10.5 Å². The van der Waals surface area contributed by atoms with Crippen molar-refractivity contribution in [2.24, 2.45) is 5.41 Å². The van der Waals surface area contributed by atoms with Crippen molar-refractivity contribution >= 4 is 17.5 Å². The third-order valence-electron chi connectivity index (χ3n) is 5.65. The first kappa shape index (κ1) is 17.4. The van der Waals surface area contributed by atoms with Gasteiger partial charge in [-0.3, -0.25) is 14.4 Å². The van der Waals surface area contributed by atoms with Gasteiger partial charge in [0.1, 0.15) is 12.9 Å². The minimum absolute atomic E-state index is 0.0358. The first-order chi connectivity index (χ1) is 13.1. The summed E-state index contributed by atoms with van der Waals surface area (Å²) in [5, 5.41) is 0. The highest BCUT2D eigenvalue weighted by Gasteiger charge is 2.49. The van der Waals surface area contributed by atoms with E-state index in [9.17, 15) is 14.4 Å². The molecular weight excluding hydrogens is 346 g/mol. The molecule has 0 aliphatic carbocycles. The lowest BCUT2D eigenvalue weighted by molar-refractivity contribution is -0.138. The van der Waals surface area contributed by atoms with Crippen LogP contribution in [0.5, 0.6) is 0 Å². The van der Waals surface area contributed by atoms with Crippen molar-refractivity contribution in [2.75, 3.05) is 24.5 Å². The number of likely N-dealkylation sites (tertiary alicyclic amines) is 1. The van der Waals surface area contributed by atoms with Crippen molar-refractivity contribution in [1.29, 1.82) is 0 Å². The van der Waals surface area contributed by atoms with Gasteiger partial charge in [0.25, 0.3) is 5.56 Å². The average molecular weight is 367 g/mol. The first-order valence-corrected chi connectivity index (χ1v) is 9.09. The Labute approximate surface area is 156 Å². The molecule has 140 valence electrons. The molecule has 0 bridgehead atoms.